The van der Waals surface area contributed by atoms with Gasteiger partial charge in [-0.25, -0.2) is 0 Å². The van der Waals surface area contributed by atoms with Gasteiger partial charge in [-0.3, -0.25) is 4.57 Å². The fourth-order valence-corrected chi connectivity index (χ4v) is 4.81. The van der Waals surface area contributed by atoms with E-state index in [2.05, 4.69) is 13.5 Å². The van der Waals surface area contributed by atoms with Gasteiger partial charge in [0.25, 0.3) is 7.82 Å². The first kappa shape index (κ1) is 37.7. The molecule has 0 aromatic rings. The van der Waals surface area contributed by atoms with Gasteiger partial charge < -0.3 is 28.3 Å². The second-order valence-corrected chi connectivity index (χ2v) is 11.8. The zero-order valence-electron chi connectivity index (χ0n) is 25.2. The van der Waals surface area contributed by atoms with E-state index in [1.54, 1.807) is 0 Å². The Morgan fingerprint density at radius 3 is 1.87 bits per heavy atom. The minimum Gasteiger partial charge on any atom is -0.756 e. The van der Waals surface area contributed by atoms with Crippen molar-refractivity contribution in [1.82, 2.24) is 4.90 Å². The summed E-state index contributed by atoms with van der Waals surface area (Å²) in [5, 5.41) is 0. The molecule has 0 heterocycles. The van der Waals surface area contributed by atoms with Crippen LogP contribution < -0.4 is 4.89 Å². The van der Waals surface area contributed by atoms with Gasteiger partial charge in [-0.15, -0.1) is 6.58 Å². The molecule has 0 N–H and O–H groups in total. The Morgan fingerprint density at radius 2 is 1.32 bits per heavy atom. The molecule has 0 spiro atoms. The van der Waals surface area contributed by atoms with Crippen molar-refractivity contribution in [3.63, 3.8) is 0 Å². The van der Waals surface area contributed by atoms with Gasteiger partial charge in [0.05, 0.1) is 19.8 Å². The number of nitrogens with zero attached hydrogens (tertiary/aromatic N) is 1. The smallest absolute Gasteiger partial charge is 0.268 e. The molecule has 0 bridgehead atoms. The summed E-state index contributed by atoms with van der Waals surface area (Å²) in [7, 11) is -2.46. The minimum absolute atomic E-state index is 0.0772. The molecule has 0 saturated carbocycles. The van der Waals surface area contributed by atoms with Crippen LogP contribution in [0.5, 0.6) is 0 Å². The monoisotopic (exact) mass is 562 g/mol. The highest BCUT2D eigenvalue weighted by Gasteiger charge is 2.16. The van der Waals surface area contributed by atoms with E-state index in [0.717, 1.165) is 38.6 Å². The van der Waals surface area contributed by atoms with Crippen LogP contribution in [0.2, 0.25) is 0 Å². The van der Waals surface area contributed by atoms with Crippen molar-refractivity contribution in [2.75, 3.05) is 53.2 Å². The van der Waals surface area contributed by atoms with Gasteiger partial charge in [-0.05, 0) is 39.3 Å². The molecule has 2 unspecified atom stereocenters. The molecule has 38 heavy (non-hydrogen) atoms. The molecule has 0 amide bonds. The lowest BCUT2D eigenvalue weighted by Gasteiger charge is -2.26. The molecule has 0 radical (unpaired) electrons. The zero-order valence-corrected chi connectivity index (χ0v) is 26.1. The zero-order chi connectivity index (χ0) is 28.2. The average Bonchev–Trinajstić information content (AvgIpc) is 2.90. The molecule has 0 aliphatic carbocycles. The summed E-state index contributed by atoms with van der Waals surface area (Å²) in [6.07, 6.45) is 22.8. The lowest BCUT2D eigenvalue weighted by atomic mass is 10.0. The van der Waals surface area contributed by atoms with Gasteiger partial charge in [0.2, 0.25) is 0 Å². The van der Waals surface area contributed by atoms with Crippen molar-refractivity contribution in [3.05, 3.63) is 12.7 Å². The summed E-state index contributed by atoms with van der Waals surface area (Å²) >= 11 is 0. The Morgan fingerprint density at radius 1 is 0.763 bits per heavy atom. The summed E-state index contributed by atoms with van der Waals surface area (Å²) < 4.78 is 33.9. The fourth-order valence-electron chi connectivity index (χ4n) is 4.08. The second-order valence-electron chi connectivity index (χ2n) is 10.4. The molecule has 0 aromatic heterocycles. The van der Waals surface area contributed by atoms with E-state index in [0.29, 0.717) is 26.4 Å². The predicted molar refractivity (Wildman–Crippen MR) is 158 cm³/mol. The predicted octanol–water partition coefficient (Wildman–Crippen LogP) is 7.68. The first-order chi connectivity index (χ1) is 18.4. The second kappa shape index (κ2) is 28.3. The van der Waals surface area contributed by atoms with Crippen LogP contribution >= 0.6 is 7.82 Å². The lowest BCUT2D eigenvalue weighted by Crippen LogP contribution is -2.28. The first-order valence-corrected chi connectivity index (χ1v) is 17.0. The third-order valence-electron chi connectivity index (χ3n) is 6.78. The maximum Gasteiger partial charge on any atom is 0.268 e. The van der Waals surface area contributed by atoms with Crippen LogP contribution in [0.15, 0.2) is 12.7 Å². The average molecular weight is 563 g/mol. The molecule has 0 fully saturated rings. The topological polar surface area (TPSA) is 80.3 Å². The van der Waals surface area contributed by atoms with E-state index in [9.17, 15) is 9.46 Å². The van der Waals surface area contributed by atoms with Crippen molar-refractivity contribution in [2.45, 2.75) is 129 Å². The van der Waals surface area contributed by atoms with Crippen molar-refractivity contribution in [1.29, 1.82) is 0 Å². The number of likely N-dealkylation sites (N-methyl/N-ethyl adjacent to an activating group) is 1. The normalized spacial score (nSPS) is 14.1. The quantitative estimate of drug-likeness (QED) is 0.0487. The largest absolute Gasteiger partial charge is 0.756 e. The summed E-state index contributed by atoms with van der Waals surface area (Å²) in [5.41, 5.74) is 0. The van der Waals surface area contributed by atoms with Crippen LogP contribution in [0.1, 0.15) is 123 Å². The highest BCUT2D eigenvalue weighted by atomic mass is 31.2. The molecule has 0 aliphatic heterocycles. The number of ether oxygens (including phenoxy) is 2. The summed E-state index contributed by atoms with van der Waals surface area (Å²) in [6.45, 7) is 10.9. The third-order valence-corrected chi connectivity index (χ3v) is 7.75. The van der Waals surface area contributed by atoms with Crippen LogP contribution in [0.25, 0.3) is 0 Å². The number of rotatable bonds is 31. The van der Waals surface area contributed by atoms with E-state index in [-0.39, 0.29) is 13.2 Å². The van der Waals surface area contributed by atoms with Crippen LogP contribution in [0.3, 0.4) is 0 Å². The summed E-state index contributed by atoms with van der Waals surface area (Å²) in [6, 6.07) is 0. The van der Waals surface area contributed by atoms with E-state index in [4.69, 9.17) is 18.5 Å². The molecular formula is C30H61NO6P-. The van der Waals surface area contributed by atoms with Gasteiger partial charge in [0.1, 0.15) is 6.10 Å². The minimum atomic E-state index is -4.36. The highest BCUT2D eigenvalue weighted by molar-refractivity contribution is 7.45. The van der Waals surface area contributed by atoms with E-state index in [1.165, 1.54) is 77.0 Å². The fraction of sp³-hybridized carbons (Fsp3) is 0.933. The Labute approximate surface area is 235 Å². The third kappa shape index (κ3) is 27.3. The Balaban J connectivity index is 3.94. The van der Waals surface area contributed by atoms with E-state index >= 15 is 0 Å². The van der Waals surface area contributed by atoms with E-state index in [1.807, 2.05) is 24.9 Å². The van der Waals surface area contributed by atoms with Gasteiger partial charge >= 0.3 is 0 Å². The standard InChI is InChI=1S/C30H62NO6P/c1-5-8-10-12-13-14-15-16-17-18-19-20-21-22-25-34-28-30(35-26-23-11-9-6-2)29-37-38(32,33)36-27-24-31(4)7-3/h6,30H,2,5,7-29H2,1,3-4H3,(H,32,33)/p-1. The van der Waals surface area contributed by atoms with Crippen molar-refractivity contribution in [2.24, 2.45) is 0 Å². The molecule has 8 heteroatoms. The van der Waals surface area contributed by atoms with Gasteiger partial charge in [0, 0.05) is 19.8 Å². The molecule has 0 rings (SSSR count). The number of allylic oxidation sites excluding steroid dienone is 1. The summed E-state index contributed by atoms with van der Waals surface area (Å²) in [4.78, 5) is 14.1. The van der Waals surface area contributed by atoms with Crippen molar-refractivity contribution >= 4 is 7.82 Å². The molecule has 7 nitrogen and oxygen atoms in total. The number of hydrogen-bond acceptors (Lipinski definition) is 7. The Bertz CT molecular complexity index is 551. The highest BCUT2D eigenvalue weighted by Crippen LogP contribution is 2.38. The summed E-state index contributed by atoms with van der Waals surface area (Å²) in [5.74, 6) is 0. The van der Waals surface area contributed by atoms with Crippen LogP contribution in [-0.4, -0.2) is 64.2 Å². The van der Waals surface area contributed by atoms with Crippen molar-refractivity contribution < 1.29 is 28.0 Å². The van der Waals surface area contributed by atoms with Crippen LogP contribution in [-0.2, 0) is 23.1 Å². The van der Waals surface area contributed by atoms with E-state index < -0.39 is 13.9 Å². The number of unbranched alkanes of at least 4 members (excludes halogenated alkanes) is 15. The Kier molecular flexibility index (Phi) is 28.1. The lowest BCUT2D eigenvalue weighted by molar-refractivity contribution is -0.228. The number of hydrogen-bond donors (Lipinski definition) is 0. The molecule has 0 aliphatic rings. The molecule has 0 aromatic carbocycles. The maximum atomic E-state index is 12.1. The molecule has 228 valence electrons. The number of phosphoric ester groups is 1. The molecule has 2 atom stereocenters. The number of phosphoric acid groups is 1. The van der Waals surface area contributed by atoms with Gasteiger partial charge in [0.15, 0.2) is 0 Å². The Hall–Kier alpha value is -0.270. The molecular weight excluding hydrogens is 501 g/mol. The molecule has 0 saturated heterocycles. The van der Waals surface area contributed by atoms with Crippen LogP contribution in [0, 0.1) is 0 Å². The first-order valence-electron chi connectivity index (χ1n) is 15.5. The van der Waals surface area contributed by atoms with Crippen LogP contribution in [0.4, 0.5) is 0 Å². The van der Waals surface area contributed by atoms with Gasteiger partial charge in [-0.2, -0.15) is 0 Å². The van der Waals surface area contributed by atoms with Gasteiger partial charge in [-0.1, -0.05) is 103 Å². The van der Waals surface area contributed by atoms with Crippen molar-refractivity contribution in [3.8, 4) is 0 Å². The maximum absolute atomic E-state index is 12.1. The SMILES string of the molecule is C=CCCCCOC(COCCCCCCCCCCCCCCCC)COP(=O)([O-])OCCN(C)CC.